The largest absolute Gasteiger partial charge is 0.507 e. The van der Waals surface area contributed by atoms with Crippen LogP contribution in [0.2, 0.25) is 0 Å². The maximum atomic E-state index is 13.3. The van der Waals surface area contributed by atoms with Crippen LogP contribution in [0.4, 0.5) is 0 Å². The first-order valence-corrected chi connectivity index (χ1v) is 10.1. The quantitative estimate of drug-likeness (QED) is 0.497. The molecule has 0 aliphatic carbocycles. The molecule has 0 fully saturated rings. The molecule has 0 saturated heterocycles. The molecule has 2 aliphatic heterocycles. The third-order valence-electron chi connectivity index (χ3n) is 6.31. The molecule has 4 heterocycles. The predicted octanol–water partition coefficient (Wildman–Crippen LogP) is 2.91. The number of ether oxygens (including phenoxy) is 1. The van der Waals surface area contributed by atoms with Gasteiger partial charge in [-0.05, 0) is 36.1 Å². The highest BCUT2D eigenvalue weighted by Gasteiger charge is 2.45. The zero-order valence-electron chi connectivity index (χ0n) is 17.0. The van der Waals surface area contributed by atoms with Crippen molar-refractivity contribution in [2.24, 2.45) is 0 Å². The van der Waals surface area contributed by atoms with E-state index in [1.54, 1.807) is 29.7 Å². The maximum Gasteiger partial charge on any atom is 0.343 e. The average Bonchev–Trinajstić information content (AvgIpc) is 3.08. The molecule has 2 aliphatic rings. The Morgan fingerprint density at radius 2 is 2.03 bits per heavy atom. The number of aromatic nitrogens is 2. The van der Waals surface area contributed by atoms with Gasteiger partial charge in [-0.3, -0.25) is 4.79 Å². The van der Waals surface area contributed by atoms with Gasteiger partial charge in [-0.15, -0.1) is 0 Å². The van der Waals surface area contributed by atoms with Crippen LogP contribution in [0.1, 0.15) is 55.4 Å². The Kier molecular flexibility index (Phi) is 3.86. The number of carbonyl (C=O) groups excluding carboxylic acids is 1. The number of hydrogen-bond donors (Lipinski definition) is 2. The van der Waals surface area contributed by atoms with Crippen LogP contribution in [0.5, 0.6) is 5.75 Å². The first-order valence-electron chi connectivity index (χ1n) is 10.1. The van der Waals surface area contributed by atoms with Crippen molar-refractivity contribution >= 4 is 16.9 Å². The Hall–Kier alpha value is -3.19. The standard InChI is InChI=1S/C23H22N2O5/c1-4-23(29)14-8-16-20-12(9-25(16)21(27)13(14)10-30-22(23)28)18(11(2)3)19-15(24-20)6-5-7-17(19)26/h5-8,11,26,29H,4,9-10H2,1-3H3/t23-/m0/s1. The van der Waals surface area contributed by atoms with Crippen LogP contribution in [-0.4, -0.2) is 25.7 Å². The normalized spacial score (nSPS) is 19.6. The Bertz CT molecular complexity index is 1310. The van der Waals surface area contributed by atoms with E-state index in [9.17, 15) is 19.8 Å². The van der Waals surface area contributed by atoms with Crippen molar-refractivity contribution in [1.29, 1.82) is 0 Å². The van der Waals surface area contributed by atoms with Crippen molar-refractivity contribution in [3.05, 3.63) is 56.9 Å². The number of aliphatic hydroxyl groups is 1. The predicted molar refractivity (Wildman–Crippen MR) is 110 cm³/mol. The van der Waals surface area contributed by atoms with Gasteiger partial charge in [0.2, 0.25) is 0 Å². The number of fused-ring (bicyclic) bond motifs is 5. The first-order chi connectivity index (χ1) is 14.3. The van der Waals surface area contributed by atoms with Gasteiger partial charge in [0.05, 0.1) is 29.0 Å². The number of cyclic esters (lactones) is 1. The van der Waals surface area contributed by atoms with Gasteiger partial charge in [-0.25, -0.2) is 9.78 Å². The lowest BCUT2D eigenvalue weighted by atomic mass is 9.86. The summed E-state index contributed by atoms with van der Waals surface area (Å²) in [6.45, 7) is 5.93. The number of phenolic OH excluding ortho intramolecular Hbond substituents is 1. The number of pyridine rings is 2. The molecule has 3 aromatic rings. The fraction of sp³-hybridized carbons (Fsp3) is 0.348. The molecule has 30 heavy (non-hydrogen) atoms. The van der Waals surface area contributed by atoms with Crippen molar-refractivity contribution in [3.8, 4) is 17.1 Å². The average molecular weight is 406 g/mol. The lowest BCUT2D eigenvalue weighted by Crippen LogP contribution is -2.44. The van der Waals surface area contributed by atoms with Gasteiger partial charge in [0.25, 0.3) is 5.56 Å². The second kappa shape index (κ2) is 6.15. The Balaban J connectivity index is 1.87. The molecule has 0 spiro atoms. The van der Waals surface area contributed by atoms with Gasteiger partial charge in [0.1, 0.15) is 12.4 Å². The van der Waals surface area contributed by atoms with E-state index in [1.807, 2.05) is 19.9 Å². The maximum absolute atomic E-state index is 13.3. The molecule has 0 unspecified atom stereocenters. The number of esters is 1. The number of nitrogens with zero attached hydrogens (tertiary/aromatic N) is 2. The van der Waals surface area contributed by atoms with E-state index in [0.717, 1.165) is 11.1 Å². The van der Waals surface area contributed by atoms with Crippen LogP contribution >= 0.6 is 0 Å². The zero-order chi connectivity index (χ0) is 21.4. The molecule has 1 atom stereocenters. The molecule has 0 radical (unpaired) electrons. The third-order valence-corrected chi connectivity index (χ3v) is 6.31. The lowest BCUT2D eigenvalue weighted by molar-refractivity contribution is -0.172. The van der Waals surface area contributed by atoms with E-state index < -0.39 is 11.6 Å². The molecule has 0 bridgehead atoms. The van der Waals surface area contributed by atoms with E-state index in [1.165, 1.54) is 0 Å². The summed E-state index contributed by atoms with van der Waals surface area (Å²) in [5.74, 6) is -0.484. The van der Waals surface area contributed by atoms with Gasteiger partial charge >= 0.3 is 5.97 Å². The van der Waals surface area contributed by atoms with Crippen molar-refractivity contribution in [3.63, 3.8) is 0 Å². The highest BCUT2D eigenvalue weighted by molar-refractivity contribution is 5.93. The van der Waals surface area contributed by atoms with Crippen LogP contribution in [-0.2, 0) is 28.3 Å². The van der Waals surface area contributed by atoms with Crippen molar-refractivity contribution in [1.82, 2.24) is 9.55 Å². The molecule has 2 aromatic heterocycles. The van der Waals surface area contributed by atoms with E-state index in [0.29, 0.717) is 40.0 Å². The van der Waals surface area contributed by atoms with E-state index in [4.69, 9.17) is 9.72 Å². The molecule has 7 heteroatoms. The number of aromatic hydroxyl groups is 1. The second-order valence-corrected chi connectivity index (χ2v) is 8.28. The Labute approximate surface area is 172 Å². The molecule has 7 nitrogen and oxygen atoms in total. The summed E-state index contributed by atoms with van der Waals surface area (Å²) in [5.41, 5.74) is 2.16. The number of carbonyl (C=O) groups is 1. The highest BCUT2D eigenvalue weighted by Crippen LogP contribution is 2.43. The monoisotopic (exact) mass is 406 g/mol. The number of hydrogen-bond acceptors (Lipinski definition) is 6. The summed E-state index contributed by atoms with van der Waals surface area (Å²) >= 11 is 0. The van der Waals surface area contributed by atoms with Crippen LogP contribution in [0.25, 0.3) is 22.3 Å². The fourth-order valence-electron chi connectivity index (χ4n) is 4.78. The minimum atomic E-state index is -1.85. The van der Waals surface area contributed by atoms with E-state index in [2.05, 4.69) is 0 Å². The van der Waals surface area contributed by atoms with Crippen molar-refractivity contribution < 1.29 is 19.7 Å². The summed E-state index contributed by atoms with van der Waals surface area (Å²) < 4.78 is 6.74. The van der Waals surface area contributed by atoms with Gasteiger partial charge in [-0.2, -0.15) is 0 Å². The number of rotatable bonds is 2. The SMILES string of the molecule is CC[C@@]1(O)C(=O)OCc2c1cc1n(c2=O)Cc2c-1nc1cccc(O)c1c2C(C)C. The summed E-state index contributed by atoms with van der Waals surface area (Å²) in [4.78, 5) is 30.4. The summed E-state index contributed by atoms with van der Waals surface area (Å²) in [5, 5.41) is 22.2. The van der Waals surface area contributed by atoms with Gasteiger partial charge in [0.15, 0.2) is 5.60 Å². The van der Waals surface area contributed by atoms with E-state index in [-0.39, 0.29) is 30.3 Å². The molecule has 1 aromatic carbocycles. The van der Waals surface area contributed by atoms with Gasteiger partial charge in [-0.1, -0.05) is 26.8 Å². The topological polar surface area (TPSA) is 102 Å². The van der Waals surface area contributed by atoms with Crippen LogP contribution < -0.4 is 5.56 Å². The second-order valence-electron chi connectivity index (χ2n) is 8.28. The molecule has 154 valence electrons. The van der Waals surface area contributed by atoms with Crippen LogP contribution in [0.15, 0.2) is 29.1 Å². The summed E-state index contributed by atoms with van der Waals surface area (Å²) in [6.07, 6.45) is 0.102. The Morgan fingerprint density at radius 3 is 2.73 bits per heavy atom. The first kappa shape index (κ1) is 18.8. The van der Waals surface area contributed by atoms with Crippen molar-refractivity contribution in [2.45, 2.75) is 51.9 Å². The zero-order valence-corrected chi connectivity index (χ0v) is 17.0. The molecule has 5 rings (SSSR count). The summed E-state index contributed by atoms with van der Waals surface area (Å²) in [6, 6.07) is 6.92. The third kappa shape index (κ3) is 2.26. The molecular formula is C23H22N2O5. The molecular weight excluding hydrogens is 384 g/mol. The summed E-state index contributed by atoms with van der Waals surface area (Å²) in [7, 11) is 0. The minimum absolute atomic E-state index is 0.0923. The van der Waals surface area contributed by atoms with Crippen LogP contribution in [0.3, 0.4) is 0 Å². The minimum Gasteiger partial charge on any atom is -0.507 e. The Morgan fingerprint density at radius 1 is 1.27 bits per heavy atom. The smallest absolute Gasteiger partial charge is 0.343 e. The molecule has 0 amide bonds. The van der Waals surface area contributed by atoms with Gasteiger partial charge < -0.3 is 19.5 Å². The fourth-order valence-corrected chi connectivity index (χ4v) is 4.78. The number of phenols is 1. The lowest BCUT2D eigenvalue weighted by Gasteiger charge is -2.31. The van der Waals surface area contributed by atoms with E-state index >= 15 is 0 Å². The highest BCUT2D eigenvalue weighted by atomic mass is 16.6. The molecule has 2 N–H and O–H groups in total. The van der Waals surface area contributed by atoms with Crippen LogP contribution in [0, 0.1) is 0 Å². The molecule has 0 saturated carbocycles. The van der Waals surface area contributed by atoms with Gasteiger partial charge in [0, 0.05) is 16.5 Å². The number of benzene rings is 1. The van der Waals surface area contributed by atoms with Crippen molar-refractivity contribution in [2.75, 3.05) is 0 Å².